The number of nitrogens with zero attached hydrogens (tertiary/aromatic N) is 1. The van der Waals surface area contributed by atoms with Gasteiger partial charge in [-0.3, -0.25) is 0 Å². The van der Waals surface area contributed by atoms with Crippen LogP contribution in [0.3, 0.4) is 0 Å². The molecule has 0 aliphatic heterocycles. The Bertz CT molecular complexity index is 271. The van der Waals surface area contributed by atoms with Crippen LogP contribution in [0.25, 0.3) is 0 Å². The number of alkyl halides is 1. The Morgan fingerprint density at radius 3 is 2.29 bits per heavy atom. The third kappa shape index (κ3) is 3.54. The van der Waals surface area contributed by atoms with E-state index in [-0.39, 0.29) is 0 Å². The van der Waals surface area contributed by atoms with Gasteiger partial charge in [0.25, 0.3) is 0 Å². The molecule has 0 fully saturated rings. The Kier molecular flexibility index (Phi) is 4.82. The lowest BCUT2D eigenvalue weighted by atomic mass is 10.3. The van der Waals surface area contributed by atoms with Gasteiger partial charge in [-0.15, -0.1) is 11.8 Å². The Balaban J connectivity index is 2.68. The standard InChI is InChI=1S/C11H16BrNS/c1-9(2)14-11-6-4-10(5-7-11)13(3)8-12/h4-7,9H,8H2,1-3H3. The topological polar surface area (TPSA) is 3.24 Å². The summed E-state index contributed by atoms with van der Waals surface area (Å²) >= 11 is 5.33. The molecule has 1 aromatic carbocycles. The zero-order chi connectivity index (χ0) is 10.6. The molecule has 0 spiro atoms. The van der Waals surface area contributed by atoms with Gasteiger partial charge in [-0.05, 0) is 24.3 Å². The van der Waals surface area contributed by atoms with Crippen LogP contribution in [0.1, 0.15) is 13.8 Å². The molecule has 0 atom stereocenters. The number of anilines is 1. The maximum atomic E-state index is 3.43. The van der Waals surface area contributed by atoms with Gasteiger partial charge in [0, 0.05) is 22.9 Å². The number of rotatable bonds is 4. The van der Waals surface area contributed by atoms with E-state index in [9.17, 15) is 0 Å². The minimum atomic E-state index is 0.648. The van der Waals surface area contributed by atoms with Crippen molar-refractivity contribution in [2.75, 3.05) is 17.4 Å². The van der Waals surface area contributed by atoms with Gasteiger partial charge in [0.2, 0.25) is 0 Å². The summed E-state index contributed by atoms with van der Waals surface area (Å²) < 4.78 is 0. The van der Waals surface area contributed by atoms with Gasteiger partial charge in [0.15, 0.2) is 0 Å². The highest BCUT2D eigenvalue weighted by atomic mass is 79.9. The highest BCUT2D eigenvalue weighted by molar-refractivity contribution is 9.09. The summed E-state index contributed by atoms with van der Waals surface area (Å²) in [6.45, 7) is 4.42. The van der Waals surface area contributed by atoms with E-state index in [0.29, 0.717) is 5.25 Å². The molecule has 0 aliphatic rings. The minimum Gasteiger partial charge on any atom is -0.365 e. The Labute approximate surface area is 99.0 Å². The van der Waals surface area contributed by atoms with E-state index in [0.717, 1.165) is 5.45 Å². The van der Waals surface area contributed by atoms with Crippen molar-refractivity contribution >= 4 is 33.4 Å². The van der Waals surface area contributed by atoms with Crippen LogP contribution in [0.15, 0.2) is 29.2 Å². The summed E-state index contributed by atoms with van der Waals surface area (Å²) in [5, 5.41) is 0.648. The summed E-state index contributed by atoms with van der Waals surface area (Å²) in [6.07, 6.45) is 0. The van der Waals surface area contributed by atoms with Crippen molar-refractivity contribution in [3.05, 3.63) is 24.3 Å². The van der Waals surface area contributed by atoms with E-state index < -0.39 is 0 Å². The first-order chi connectivity index (χ1) is 6.63. The largest absolute Gasteiger partial charge is 0.365 e. The second-order valence-electron chi connectivity index (χ2n) is 3.48. The number of hydrogen-bond donors (Lipinski definition) is 0. The smallest absolute Gasteiger partial charge is 0.0732 e. The zero-order valence-electron chi connectivity index (χ0n) is 8.83. The fraction of sp³-hybridized carbons (Fsp3) is 0.455. The van der Waals surface area contributed by atoms with E-state index in [1.807, 2.05) is 11.8 Å². The molecule has 0 N–H and O–H groups in total. The minimum absolute atomic E-state index is 0.648. The van der Waals surface area contributed by atoms with E-state index >= 15 is 0 Å². The fourth-order valence-electron chi connectivity index (χ4n) is 1.12. The zero-order valence-corrected chi connectivity index (χ0v) is 11.2. The summed E-state index contributed by atoms with van der Waals surface area (Å²) in [7, 11) is 2.07. The molecule has 0 unspecified atom stereocenters. The molecule has 0 aliphatic carbocycles. The summed E-state index contributed by atoms with van der Waals surface area (Å²) in [5.41, 5.74) is 2.11. The van der Waals surface area contributed by atoms with Crippen molar-refractivity contribution < 1.29 is 0 Å². The molecule has 0 saturated heterocycles. The Hall–Kier alpha value is -0.150. The number of halogens is 1. The van der Waals surface area contributed by atoms with Gasteiger partial charge in [-0.1, -0.05) is 29.8 Å². The van der Waals surface area contributed by atoms with Crippen LogP contribution in [-0.4, -0.2) is 17.8 Å². The van der Waals surface area contributed by atoms with Crippen LogP contribution in [0.2, 0.25) is 0 Å². The first-order valence-corrected chi connectivity index (χ1v) is 6.67. The predicted octanol–water partition coefficient (Wildman–Crippen LogP) is 3.98. The quantitative estimate of drug-likeness (QED) is 0.464. The first kappa shape index (κ1) is 11.9. The number of hydrogen-bond acceptors (Lipinski definition) is 2. The molecule has 0 saturated carbocycles. The predicted molar refractivity (Wildman–Crippen MR) is 69.6 cm³/mol. The number of benzene rings is 1. The molecule has 0 radical (unpaired) electrons. The molecule has 0 aromatic heterocycles. The highest BCUT2D eigenvalue weighted by Gasteiger charge is 2.00. The van der Waals surface area contributed by atoms with E-state index in [1.54, 1.807) is 0 Å². The average molecular weight is 274 g/mol. The molecule has 1 aromatic rings. The maximum absolute atomic E-state index is 3.43. The molecule has 0 heterocycles. The van der Waals surface area contributed by atoms with E-state index in [2.05, 4.69) is 66.0 Å². The second kappa shape index (κ2) is 5.66. The summed E-state index contributed by atoms with van der Waals surface area (Å²) in [5.74, 6) is 0. The lowest BCUT2D eigenvalue weighted by Crippen LogP contribution is -2.13. The van der Waals surface area contributed by atoms with Crippen LogP contribution in [-0.2, 0) is 0 Å². The van der Waals surface area contributed by atoms with Crippen LogP contribution in [0.4, 0.5) is 5.69 Å². The third-order valence-corrected chi connectivity index (χ3v) is 3.60. The first-order valence-electron chi connectivity index (χ1n) is 4.67. The van der Waals surface area contributed by atoms with Gasteiger partial charge < -0.3 is 4.90 Å². The molecular formula is C11H16BrNS. The lowest BCUT2D eigenvalue weighted by molar-refractivity contribution is 1.09. The average Bonchev–Trinajstić information content (AvgIpc) is 2.17. The molecule has 1 rings (SSSR count). The second-order valence-corrected chi connectivity index (χ2v) is 5.63. The molecule has 1 nitrogen and oxygen atoms in total. The monoisotopic (exact) mass is 273 g/mol. The summed E-state index contributed by atoms with van der Waals surface area (Å²) in [6, 6.07) is 8.68. The van der Waals surface area contributed by atoms with Crippen molar-refractivity contribution in [1.29, 1.82) is 0 Å². The van der Waals surface area contributed by atoms with Crippen molar-refractivity contribution in [1.82, 2.24) is 0 Å². The molecule has 78 valence electrons. The van der Waals surface area contributed by atoms with Gasteiger partial charge >= 0.3 is 0 Å². The normalized spacial score (nSPS) is 10.6. The summed E-state index contributed by atoms with van der Waals surface area (Å²) in [4.78, 5) is 3.50. The molecule has 3 heteroatoms. The van der Waals surface area contributed by atoms with E-state index in [1.165, 1.54) is 10.6 Å². The van der Waals surface area contributed by atoms with Gasteiger partial charge in [0.1, 0.15) is 0 Å². The van der Waals surface area contributed by atoms with Crippen molar-refractivity contribution in [3.8, 4) is 0 Å². The number of thioether (sulfide) groups is 1. The van der Waals surface area contributed by atoms with Crippen LogP contribution >= 0.6 is 27.7 Å². The molecule has 0 bridgehead atoms. The van der Waals surface area contributed by atoms with Crippen LogP contribution in [0.5, 0.6) is 0 Å². The molecule has 14 heavy (non-hydrogen) atoms. The van der Waals surface area contributed by atoms with Gasteiger partial charge in [0.05, 0.1) is 5.45 Å². The molecular weight excluding hydrogens is 258 g/mol. The van der Waals surface area contributed by atoms with Crippen molar-refractivity contribution in [2.24, 2.45) is 0 Å². The Morgan fingerprint density at radius 1 is 1.29 bits per heavy atom. The van der Waals surface area contributed by atoms with Crippen LogP contribution in [0, 0.1) is 0 Å². The van der Waals surface area contributed by atoms with Gasteiger partial charge in [-0.2, -0.15) is 0 Å². The van der Waals surface area contributed by atoms with Crippen molar-refractivity contribution in [2.45, 2.75) is 24.0 Å². The molecule has 0 amide bonds. The fourth-order valence-corrected chi connectivity index (χ4v) is 2.25. The Morgan fingerprint density at radius 2 is 1.86 bits per heavy atom. The highest BCUT2D eigenvalue weighted by Crippen LogP contribution is 2.25. The SMILES string of the molecule is CC(C)Sc1ccc(N(C)CBr)cc1. The van der Waals surface area contributed by atoms with Crippen molar-refractivity contribution in [3.63, 3.8) is 0 Å². The van der Waals surface area contributed by atoms with E-state index in [4.69, 9.17) is 0 Å². The van der Waals surface area contributed by atoms with Crippen LogP contribution < -0.4 is 4.90 Å². The third-order valence-electron chi connectivity index (χ3n) is 1.83. The lowest BCUT2D eigenvalue weighted by Gasteiger charge is -2.16. The maximum Gasteiger partial charge on any atom is 0.0732 e. The van der Waals surface area contributed by atoms with Gasteiger partial charge in [-0.25, -0.2) is 0 Å².